The fourth-order valence-corrected chi connectivity index (χ4v) is 2.70. The molecule has 1 heterocycles. The number of hydrogen-bond donors (Lipinski definition) is 1. The number of anilines is 2. The molecule has 0 atom stereocenters. The van der Waals surface area contributed by atoms with Crippen LogP contribution in [0.4, 0.5) is 11.4 Å². The zero-order chi connectivity index (χ0) is 14.3. The predicted molar refractivity (Wildman–Crippen MR) is 91.9 cm³/mol. The minimum atomic E-state index is 0.845. The van der Waals surface area contributed by atoms with Gasteiger partial charge in [0.25, 0.3) is 0 Å². The minimum Gasteiger partial charge on any atom is -0.382 e. The molecule has 1 aliphatic heterocycles. The molecule has 108 valence electrons. The van der Waals surface area contributed by atoms with E-state index in [9.17, 15) is 0 Å². The van der Waals surface area contributed by atoms with E-state index < -0.39 is 0 Å². The third-order valence-electron chi connectivity index (χ3n) is 3.87. The maximum Gasteiger partial charge on any atom is 0.0367 e. The van der Waals surface area contributed by atoms with Gasteiger partial charge in [0.1, 0.15) is 0 Å². The van der Waals surface area contributed by atoms with Gasteiger partial charge in [0.05, 0.1) is 0 Å². The Morgan fingerprint density at radius 2 is 1.62 bits per heavy atom. The lowest BCUT2D eigenvalue weighted by atomic mass is 10.2. The Bertz CT molecular complexity index is 566. The van der Waals surface area contributed by atoms with E-state index in [0.29, 0.717) is 0 Å². The van der Waals surface area contributed by atoms with Gasteiger partial charge in [-0.05, 0) is 42.7 Å². The van der Waals surface area contributed by atoms with E-state index in [4.69, 9.17) is 0 Å². The monoisotopic (exact) mass is 278 g/mol. The van der Waals surface area contributed by atoms with Crippen LogP contribution in [0.1, 0.15) is 18.4 Å². The van der Waals surface area contributed by atoms with Gasteiger partial charge in [-0.1, -0.05) is 42.5 Å². The third-order valence-corrected chi connectivity index (χ3v) is 3.87. The number of nitrogens with one attached hydrogen (secondary N) is 1. The summed E-state index contributed by atoms with van der Waals surface area (Å²) in [6.07, 6.45) is 6.95. The number of hydrogen-bond acceptors (Lipinski definition) is 2. The van der Waals surface area contributed by atoms with Crippen LogP contribution in [0.3, 0.4) is 0 Å². The lowest BCUT2D eigenvalue weighted by molar-refractivity contribution is 0.949. The van der Waals surface area contributed by atoms with Crippen LogP contribution < -0.4 is 10.2 Å². The zero-order valence-electron chi connectivity index (χ0n) is 12.3. The Balaban J connectivity index is 1.50. The lowest BCUT2D eigenvalue weighted by Crippen LogP contribution is -2.17. The smallest absolute Gasteiger partial charge is 0.0367 e. The van der Waals surface area contributed by atoms with Gasteiger partial charge in [0.15, 0.2) is 0 Å². The van der Waals surface area contributed by atoms with E-state index in [2.05, 4.69) is 70.9 Å². The molecule has 3 rings (SSSR count). The van der Waals surface area contributed by atoms with Gasteiger partial charge in [-0.2, -0.15) is 0 Å². The maximum absolute atomic E-state index is 3.43. The van der Waals surface area contributed by atoms with E-state index in [0.717, 1.165) is 6.54 Å². The fraction of sp³-hybridized carbons (Fsp3) is 0.263. The quantitative estimate of drug-likeness (QED) is 0.871. The second-order valence-electron chi connectivity index (χ2n) is 5.43. The minimum absolute atomic E-state index is 0.845. The Morgan fingerprint density at radius 3 is 2.33 bits per heavy atom. The van der Waals surface area contributed by atoms with Gasteiger partial charge in [-0.15, -0.1) is 0 Å². The first-order valence-corrected chi connectivity index (χ1v) is 7.72. The topological polar surface area (TPSA) is 15.3 Å². The van der Waals surface area contributed by atoms with Crippen molar-refractivity contribution in [3.63, 3.8) is 0 Å². The molecule has 1 fully saturated rings. The summed E-state index contributed by atoms with van der Waals surface area (Å²) >= 11 is 0. The highest BCUT2D eigenvalue weighted by Crippen LogP contribution is 2.21. The third kappa shape index (κ3) is 3.88. The average Bonchev–Trinajstić information content (AvgIpc) is 3.08. The zero-order valence-corrected chi connectivity index (χ0v) is 12.3. The van der Waals surface area contributed by atoms with Gasteiger partial charge in [-0.3, -0.25) is 0 Å². The van der Waals surface area contributed by atoms with Crippen LogP contribution in [0, 0.1) is 0 Å². The normalized spacial score (nSPS) is 14.8. The van der Waals surface area contributed by atoms with Crippen LogP contribution in [0.2, 0.25) is 0 Å². The molecule has 0 aliphatic carbocycles. The molecule has 0 radical (unpaired) electrons. The molecule has 1 aliphatic rings. The molecule has 0 saturated carbocycles. The van der Waals surface area contributed by atoms with Crippen molar-refractivity contribution in [2.45, 2.75) is 12.8 Å². The maximum atomic E-state index is 3.43. The van der Waals surface area contributed by atoms with Crippen molar-refractivity contribution in [1.29, 1.82) is 0 Å². The standard InChI is InChI=1S/C19H22N2/c1-2-7-17(8-3-1)9-6-14-20-18-10-12-19(13-11-18)21-15-4-5-16-21/h1-3,6-13,20H,4-5,14-16H2. The molecule has 1 N–H and O–H groups in total. The first kappa shape index (κ1) is 13.7. The van der Waals surface area contributed by atoms with E-state index in [1.165, 1.54) is 42.9 Å². The summed E-state index contributed by atoms with van der Waals surface area (Å²) in [5, 5.41) is 3.43. The van der Waals surface area contributed by atoms with Crippen LogP contribution in [0.15, 0.2) is 60.7 Å². The van der Waals surface area contributed by atoms with E-state index >= 15 is 0 Å². The highest BCUT2D eigenvalue weighted by Gasteiger charge is 2.11. The largest absolute Gasteiger partial charge is 0.382 e. The molecule has 2 nitrogen and oxygen atoms in total. The summed E-state index contributed by atoms with van der Waals surface area (Å²) in [5.74, 6) is 0. The molecule has 2 aromatic carbocycles. The summed E-state index contributed by atoms with van der Waals surface area (Å²) in [4.78, 5) is 2.46. The summed E-state index contributed by atoms with van der Waals surface area (Å²) < 4.78 is 0. The van der Waals surface area contributed by atoms with E-state index in [1.807, 2.05) is 6.07 Å². The lowest BCUT2D eigenvalue weighted by Gasteiger charge is -2.17. The van der Waals surface area contributed by atoms with Gasteiger partial charge in [0, 0.05) is 31.0 Å². The molecule has 2 heteroatoms. The predicted octanol–water partition coefficient (Wildman–Crippen LogP) is 4.41. The first-order chi connectivity index (χ1) is 10.4. The van der Waals surface area contributed by atoms with Gasteiger partial charge in [0.2, 0.25) is 0 Å². The molecule has 0 unspecified atom stereocenters. The Kier molecular flexibility index (Phi) is 4.57. The summed E-state index contributed by atoms with van der Waals surface area (Å²) in [7, 11) is 0. The number of benzene rings is 2. The van der Waals surface area contributed by atoms with Crippen molar-refractivity contribution in [1.82, 2.24) is 0 Å². The molecule has 2 aromatic rings. The molecule has 21 heavy (non-hydrogen) atoms. The Morgan fingerprint density at radius 1 is 0.905 bits per heavy atom. The van der Waals surface area contributed by atoms with Crippen LogP contribution >= 0.6 is 0 Å². The highest BCUT2D eigenvalue weighted by molar-refractivity contribution is 5.56. The molecule has 1 saturated heterocycles. The van der Waals surface area contributed by atoms with Gasteiger partial charge in [-0.25, -0.2) is 0 Å². The number of rotatable bonds is 5. The molecule has 0 spiro atoms. The van der Waals surface area contributed by atoms with E-state index in [1.54, 1.807) is 0 Å². The fourth-order valence-electron chi connectivity index (χ4n) is 2.70. The van der Waals surface area contributed by atoms with Crippen molar-refractivity contribution in [3.8, 4) is 0 Å². The van der Waals surface area contributed by atoms with Crippen LogP contribution in [-0.4, -0.2) is 19.6 Å². The summed E-state index contributed by atoms with van der Waals surface area (Å²) in [5.41, 5.74) is 3.76. The second-order valence-corrected chi connectivity index (χ2v) is 5.43. The van der Waals surface area contributed by atoms with Gasteiger partial charge >= 0.3 is 0 Å². The van der Waals surface area contributed by atoms with Crippen molar-refractivity contribution < 1.29 is 0 Å². The van der Waals surface area contributed by atoms with Crippen molar-refractivity contribution in [2.75, 3.05) is 29.9 Å². The summed E-state index contributed by atoms with van der Waals surface area (Å²) in [6.45, 7) is 3.25. The first-order valence-electron chi connectivity index (χ1n) is 7.72. The molecular formula is C19H22N2. The van der Waals surface area contributed by atoms with E-state index in [-0.39, 0.29) is 0 Å². The van der Waals surface area contributed by atoms with Crippen molar-refractivity contribution >= 4 is 17.5 Å². The molecule has 0 aromatic heterocycles. The summed E-state index contributed by atoms with van der Waals surface area (Å²) in [6, 6.07) is 19.2. The molecule has 0 amide bonds. The average molecular weight is 278 g/mol. The highest BCUT2D eigenvalue weighted by atomic mass is 15.1. The second kappa shape index (κ2) is 6.98. The van der Waals surface area contributed by atoms with Crippen LogP contribution in [0.5, 0.6) is 0 Å². The van der Waals surface area contributed by atoms with Crippen LogP contribution in [0.25, 0.3) is 6.08 Å². The Hall–Kier alpha value is -2.22. The molecular weight excluding hydrogens is 256 g/mol. The van der Waals surface area contributed by atoms with Crippen LogP contribution in [-0.2, 0) is 0 Å². The van der Waals surface area contributed by atoms with Gasteiger partial charge < -0.3 is 10.2 Å². The number of nitrogens with zero attached hydrogens (tertiary/aromatic N) is 1. The van der Waals surface area contributed by atoms with Crippen molar-refractivity contribution in [3.05, 3.63) is 66.2 Å². The SMILES string of the molecule is C(=Cc1ccccc1)CNc1ccc(N2CCCC2)cc1. The molecule has 0 bridgehead atoms. The Labute approximate surface area is 127 Å². The van der Waals surface area contributed by atoms with Crippen molar-refractivity contribution in [2.24, 2.45) is 0 Å².